The number of hydrogen-bond acceptors (Lipinski definition) is 4. The Morgan fingerprint density at radius 3 is 2.41 bits per heavy atom. The molecule has 0 bridgehead atoms. The van der Waals surface area contributed by atoms with E-state index in [1.54, 1.807) is 0 Å². The molecule has 1 saturated heterocycles. The zero-order chi connectivity index (χ0) is 19.8. The van der Waals surface area contributed by atoms with E-state index in [1.807, 2.05) is 0 Å². The molecule has 4 nitrogen and oxygen atoms in total. The van der Waals surface area contributed by atoms with Gasteiger partial charge in [0.2, 0.25) is 0 Å². The van der Waals surface area contributed by atoms with Gasteiger partial charge in [0.25, 0.3) is 5.91 Å². The average molecular weight is 409 g/mol. The van der Waals surface area contributed by atoms with E-state index in [4.69, 9.17) is 17.3 Å². The third-order valence-electron chi connectivity index (χ3n) is 3.68. The molecule has 0 atom stereocenters. The Kier molecular flexibility index (Phi) is 5.07. The molecule has 2 aromatic rings. The second-order valence-electron chi connectivity index (χ2n) is 5.49. The molecular weight excluding hydrogens is 399 g/mol. The van der Waals surface area contributed by atoms with Crippen LogP contribution < -0.4 is 4.90 Å². The number of carboxylic acids is 1. The van der Waals surface area contributed by atoms with E-state index in [1.165, 1.54) is 47.4 Å². The monoisotopic (exact) mass is 409 g/mol. The van der Waals surface area contributed by atoms with E-state index in [9.17, 15) is 22.8 Å². The van der Waals surface area contributed by atoms with Crippen LogP contribution in [-0.2, 0) is 11.0 Å². The fraction of sp³-hybridized carbons (Fsp3) is 0.0556. The Labute approximate surface area is 161 Å². The van der Waals surface area contributed by atoms with Gasteiger partial charge in [-0.15, -0.1) is 0 Å². The standard InChI is InChI=1S/C18H10F3NO3S2/c19-18(20,21)12-3-1-2-10(8-12)9-14-15(23)22(17(26)27-14)13-6-4-11(5-7-13)16(24)25/h1-9H,(H,24,25)/b14-9-. The highest BCUT2D eigenvalue weighted by Gasteiger charge is 2.34. The Morgan fingerprint density at radius 1 is 1.15 bits per heavy atom. The minimum atomic E-state index is -4.48. The lowest BCUT2D eigenvalue weighted by Crippen LogP contribution is -2.27. The second kappa shape index (κ2) is 7.16. The average Bonchev–Trinajstić information content (AvgIpc) is 2.88. The Balaban J connectivity index is 1.90. The molecule has 1 aliphatic rings. The highest BCUT2D eigenvalue weighted by Crippen LogP contribution is 2.37. The Hall–Kier alpha value is -2.65. The van der Waals surface area contributed by atoms with Crippen LogP contribution in [0.5, 0.6) is 0 Å². The van der Waals surface area contributed by atoms with E-state index < -0.39 is 23.6 Å². The zero-order valence-electron chi connectivity index (χ0n) is 13.4. The summed E-state index contributed by atoms with van der Waals surface area (Å²) in [7, 11) is 0. The number of carbonyl (C=O) groups excluding carboxylic acids is 1. The highest BCUT2D eigenvalue weighted by atomic mass is 32.2. The largest absolute Gasteiger partial charge is 0.478 e. The molecule has 1 aliphatic heterocycles. The number of nitrogens with zero attached hydrogens (tertiary/aromatic N) is 1. The number of thioether (sulfide) groups is 1. The lowest BCUT2D eigenvalue weighted by atomic mass is 10.1. The van der Waals surface area contributed by atoms with Crippen molar-refractivity contribution >= 4 is 51.9 Å². The maximum atomic E-state index is 12.8. The quantitative estimate of drug-likeness (QED) is 0.583. The number of rotatable bonds is 3. The molecule has 1 N–H and O–H groups in total. The van der Waals surface area contributed by atoms with Crippen LogP contribution >= 0.6 is 24.0 Å². The van der Waals surface area contributed by atoms with Crippen molar-refractivity contribution in [3.8, 4) is 0 Å². The normalized spacial score (nSPS) is 16.3. The first kappa shape index (κ1) is 19.1. The summed E-state index contributed by atoms with van der Waals surface area (Å²) in [5.74, 6) is -1.58. The summed E-state index contributed by atoms with van der Waals surface area (Å²) < 4.78 is 38.7. The number of alkyl halides is 3. The summed E-state index contributed by atoms with van der Waals surface area (Å²) in [5, 5.41) is 8.93. The molecule has 27 heavy (non-hydrogen) atoms. The number of anilines is 1. The SMILES string of the molecule is O=C(O)c1ccc(N2C(=O)/C(=C/c3cccc(C(F)(F)F)c3)SC2=S)cc1. The van der Waals surface area contributed by atoms with Crippen LogP contribution in [-0.4, -0.2) is 21.3 Å². The molecule has 0 aliphatic carbocycles. The van der Waals surface area contributed by atoms with Gasteiger partial charge in [-0.2, -0.15) is 13.2 Å². The van der Waals surface area contributed by atoms with Crippen molar-refractivity contribution in [1.82, 2.24) is 0 Å². The predicted molar refractivity (Wildman–Crippen MR) is 100 cm³/mol. The van der Waals surface area contributed by atoms with Crippen molar-refractivity contribution < 1.29 is 27.9 Å². The zero-order valence-corrected chi connectivity index (χ0v) is 15.0. The molecule has 0 radical (unpaired) electrons. The maximum Gasteiger partial charge on any atom is 0.416 e. The molecule has 0 aromatic heterocycles. The number of benzene rings is 2. The van der Waals surface area contributed by atoms with Crippen LogP contribution in [0.3, 0.4) is 0 Å². The number of amides is 1. The molecule has 2 aromatic carbocycles. The van der Waals surface area contributed by atoms with E-state index in [0.29, 0.717) is 5.69 Å². The molecule has 0 spiro atoms. The van der Waals surface area contributed by atoms with Crippen molar-refractivity contribution in [1.29, 1.82) is 0 Å². The lowest BCUT2D eigenvalue weighted by Gasteiger charge is -2.14. The number of halogens is 3. The summed E-state index contributed by atoms with van der Waals surface area (Å²) in [6.07, 6.45) is -3.13. The van der Waals surface area contributed by atoms with E-state index >= 15 is 0 Å². The fourth-order valence-electron chi connectivity index (χ4n) is 2.40. The molecule has 3 rings (SSSR count). The van der Waals surface area contributed by atoms with Crippen LogP contribution in [0.2, 0.25) is 0 Å². The van der Waals surface area contributed by atoms with Crippen LogP contribution in [0.1, 0.15) is 21.5 Å². The summed E-state index contributed by atoms with van der Waals surface area (Å²) in [6, 6.07) is 10.2. The molecule has 0 unspecified atom stereocenters. The maximum absolute atomic E-state index is 12.8. The van der Waals surface area contributed by atoms with Crippen molar-refractivity contribution in [3.05, 3.63) is 70.1 Å². The molecule has 1 fully saturated rings. The smallest absolute Gasteiger partial charge is 0.416 e. The molecule has 1 amide bonds. The third kappa shape index (κ3) is 4.04. The molecule has 138 valence electrons. The number of aromatic carboxylic acids is 1. The fourth-order valence-corrected chi connectivity index (χ4v) is 3.70. The highest BCUT2D eigenvalue weighted by molar-refractivity contribution is 8.27. The van der Waals surface area contributed by atoms with Crippen molar-refractivity contribution in [3.63, 3.8) is 0 Å². The van der Waals surface area contributed by atoms with Crippen LogP contribution in [0.15, 0.2) is 53.4 Å². The predicted octanol–water partition coefficient (Wildman–Crippen LogP) is 4.81. The Bertz CT molecular complexity index is 969. The molecule has 1 heterocycles. The van der Waals surface area contributed by atoms with Gasteiger partial charge in [0.15, 0.2) is 4.32 Å². The van der Waals surface area contributed by atoms with E-state index in [0.717, 1.165) is 23.9 Å². The number of thiocarbonyl (C=S) groups is 1. The lowest BCUT2D eigenvalue weighted by molar-refractivity contribution is -0.137. The van der Waals surface area contributed by atoms with Gasteiger partial charge in [0.05, 0.1) is 21.7 Å². The summed E-state index contributed by atoms with van der Waals surface area (Å²) in [5.41, 5.74) is -0.138. The Morgan fingerprint density at radius 2 is 1.81 bits per heavy atom. The number of carbonyl (C=O) groups is 2. The number of hydrogen-bond donors (Lipinski definition) is 1. The van der Waals surface area contributed by atoms with E-state index in [-0.39, 0.29) is 20.4 Å². The van der Waals surface area contributed by atoms with Gasteiger partial charge in [0.1, 0.15) is 0 Å². The first-order chi connectivity index (χ1) is 12.7. The summed E-state index contributed by atoms with van der Waals surface area (Å²) >= 11 is 6.16. The van der Waals surface area contributed by atoms with Crippen LogP contribution in [0, 0.1) is 0 Å². The topological polar surface area (TPSA) is 57.6 Å². The van der Waals surface area contributed by atoms with Gasteiger partial charge in [-0.05, 0) is 48.0 Å². The van der Waals surface area contributed by atoms with Crippen molar-refractivity contribution in [2.24, 2.45) is 0 Å². The third-order valence-corrected chi connectivity index (χ3v) is 4.98. The summed E-state index contributed by atoms with van der Waals surface area (Å²) in [4.78, 5) is 24.9. The van der Waals surface area contributed by atoms with Gasteiger partial charge < -0.3 is 5.11 Å². The minimum absolute atomic E-state index is 0.0590. The summed E-state index contributed by atoms with van der Waals surface area (Å²) in [6.45, 7) is 0. The van der Waals surface area contributed by atoms with Crippen molar-refractivity contribution in [2.75, 3.05) is 4.90 Å². The molecule has 0 saturated carbocycles. The first-order valence-electron chi connectivity index (χ1n) is 7.45. The molecular formula is C18H10F3NO3S2. The van der Waals surface area contributed by atoms with Gasteiger partial charge in [-0.25, -0.2) is 4.79 Å². The minimum Gasteiger partial charge on any atom is -0.478 e. The first-order valence-corrected chi connectivity index (χ1v) is 8.68. The van der Waals surface area contributed by atoms with Crippen LogP contribution in [0.4, 0.5) is 18.9 Å². The van der Waals surface area contributed by atoms with Gasteiger partial charge >= 0.3 is 12.1 Å². The second-order valence-corrected chi connectivity index (χ2v) is 7.17. The van der Waals surface area contributed by atoms with Crippen LogP contribution in [0.25, 0.3) is 6.08 Å². The van der Waals surface area contributed by atoms with Crippen molar-refractivity contribution in [2.45, 2.75) is 6.18 Å². The number of carboxylic acid groups (broad SMARTS) is 1. The van der Waals surface area contributed by atoms with Gasteiger partial charge in [-0.1, -0.05) is 36.1 Å². The van der Waals surface area contributed by atoms with Gasteiger partial charge in [0, 0.05) is 0 Å². The molecule has 9 heteroatoms. The van der Waals surface area contributed by atoms with Gasteiger partial charge in [-0.3, -0.25) is 9.69 Å². The van der Waals surface area contributed by atoms with E-state index in [2.05, 4.69) is 0 Å².